The number of carbonyl (C=O) groups is 3. The fourth-order valence-electron chi connectivity index (χ4n) is 1.32. The molecular formula is C14H15NO5. The van der Waals surface area contributed by atoms with Crippen molar-refractivity contribution < 1.29 is 23.9 Å². The summed E-state index contributed by atoms with van der Waals surface area (Å²) in [6, 6.07) is 5.07. The SMILES string of the molecule is CCOC(=O)/C(=C\c1ccccn1)C(=O)COC(C)=O. The summed E-state index contributed by atoms with van der Waals surface area (Å²) in [6.45, 7) is 2.44. The van der Waals surface area contributed by atoms with Gasteiger partial charge in [0, 0.05) is 13.1 Å². The van der Waals surface area contributed by atoms with Gasteiger partial charge in [-0.3, -0.25) is 14.6 Å². The predicted octanol–water partition coefficient (Wildman–Crippen LogP) is 1.16. The van der Waals surface area contributed by atoms with Crippen LogP contribution in [-0.4, -0.2) is 35.9 Å². The fourth-order valence-corrected chi connectivity index (χ4v) is 1.32. The number of pyridine rings is 1. The van der Waals surface area contributed by atoms with E-state index in [1.807, 2.05) is 0 Å². The van der Waals surface area contributed by atoms with Crippen molar-refractivity contribution in [1.29, 1.82) is 0 Å². The lowest BCUT2D eigenvalue weighted by molar-refractivity contribution is -0.147. The maximum atomic E-state index is 11.9. The molecule has 0 amide bonds. The normalized spacial score (nSPS) is 10.8. The van der Waals surface area contributed by atoms with E-state index in [4.69, 9.17) is 4.74 Å². The van der Waals surface area contributed by atoms with Crippen LogP contribution in [0.15, 0.2) is 30.0 Å². The number of ether oxygens (including phenoxy) is 2. The third-order valence-corrected chi connectivity index (χ3v) is 2.18. The van der Waals surface area contributed by atoms with Crippen LogP contribution in [0, 0.1) is 0 Å². The van der Waals surface area contributed by atoms with E-state index in [0.29, 0.717) is 5.69 Å². The van der Waals surface area contributed by atoms with Crippen LogP contribution in [0.3, 0.4) is 0 Å². The molecule has 0 spiro atoms. The number of hydrogen-bond donors (Lipinski definition) is 0. The molecule has 20 heavy (non-hydrogen) atoms. The van der Waals surface area contributed by atoms with Crippen LogP contribution in [0.4, 0.5) is 0 Å². The second-order valence-corrected chi connectivity index (χ2v) is 3.74. The summed E-state index contributed by atoms with van der Waals surface area (Å²) < 4.78 is 9.40. The van der Waals surface area contributed by atoms with Gasteiger partial charge in [0.15, 0.2) is 6.61 Å². The van der Waals surface area contributed by atoms with Crippen molar-refractivity contribution in [2.75, 3.05) is 13.2 Å². The van der Waals surface area contributed by atoms with Gasteiger partial charge >= 0.3 is 11.9 Å². The van der Waals surface area contributed by atoms with Crippen LogP contribution in [0.1, 0.15) is 19.5 Å². The first kappa shape index (κ1) is 15.6. The molecule has 1 aromatic rings. The molecule has 0 aliphatic heterocycles. The number of hydrogen-bond acceptors (Lipinski definition) is 6. The van der Waals surface area contributed by atoms with Crippen molar-refractivity contribution in [3.8, 4) is 0 Å². The third kappa shape index (κ3) is 5.01. The van der Waals surface area contributed by atoms with E-state index < -0.39 is 24.3 Å². The molecular weight excluding hydrogens is 262 g/mol. The second kappa shape index (κ2) is 7.83. The number of Topliss-reactive ketones (excluding diaryl/α,β-unsaturated/α-hetero) is 1. The van der Waals surface area contributed by atoms with Crippen molar-refractivity contribution in [3.05, 3.63) is 35.7 Å². The summed E-state index contributed by atoms with van der Waals surface area (Å²) in [4.78, 5) is 38.3. The molecule has 0 N–H and O–H groups in total. The summed E-state index contributed by atoms with van der Waals surface area (Å²) in [6.07, 6.45) is 2.84. The summed E-state index contributed by atoms with van der Waals surface area (Å²) in [5.74, 6) is -2.00. The fraction of sp³-hybridized carbons (Fsp3) is 0.286. The first-order chi connectivity index (χ1) is 9.54. The van der Waals surface area contributed by atoms with Gasteiger partial charge in [0.2, 0.25) is 5.78 Å². The molecule has 0 saturated heterocycles. The molecule has 6 heteroatoms. The maximum Gasteiger partial charge on any atom is 0.341 e. The van der Waals surface area contributed by atoms with E-state index in [2.05, 4.69) is 9.72 Å². The van der Waals surface area contributed by atoms with E-state index in [1.165, 1.54) is 19.2 Å². The predicted molar refractivity (Wildman–Crippen MR) is 70.5 cm³/mol. The first-order valence-electron chi connectivity index (χ1n) is 6.01. The highest BCUT2D eigenvalue weighted by Gasteiger charge is 2.20. The van der Waals surface area contributed by atoms with E-state index in [-0.39, 0.29) is 12.2 Å². The zero-order chi connectivity index (χ0) is 15.0. The quantitative estimate of drug-likeness (QED) is 0.336. The number of ketones is 1. The maximum absolute atomic E-state index is 11.9. The van der Waals surface area contributed by atoms with Gasteiger partial charge in [-0.05, 0) is 25.1 Å². The Morgan fingerprint density at radius 3 is 2.55 bits per heavy atom. The van der Waals surface area contributed by atoms with Crippen molar-refractivity contribution in [2.24, 2.45) is 0 Å². The Labute approximate surface area is 116 Å². The van der Waals surface area contributed by atoms with Gasteiger partial charge in [0.05, 0.1) is 12.3 Å². The number of carbonyl (C=O) groups excluding carboxylic acids is 3. The van der Waals surface area contributed by atoms with Crippen LogP contribution < -0.4 is 0 Å². The van der Waals surface area contributed by atoms with Crippen LogP contribution in [0.25, 0.3) is 6.08 Å². The summed E-state index contributed by atoms with van der Waals surface area (Å²) in [7, 11) is 0. The molecule has 1 heterocycles. The molecule has 6 nitrogen and oxygen atoms in total. The van der Waals surface area contributed by atoms with Gasteiger partial charge in [0.1, 0.15) is 5.57 Å². The monoisotopic (exact) mass is 277 g/mol. The molecule has 0 unspecified atom stereocenters. The molecule has 0 fully saturated rings. The lowest BCUT2D eigenvalue weighted by atomic mass is 10.1. The Morgan fingerprint density at radius 2 is 2.00 bits per heavy atom. The van der Waals surface area contributed by atoms with Gasteiger partial charge < -0.3 is 9.47 Å². The van der Waals surface area contributed by atoms with Gasteiger partial charge in [-0.1, -0.05) is 6.07 Å². The van der Waals surface area contributed by atoms with Gasteiger partial charge in [-0.15, -0.1) is 0 Å². The molecule has 106 valence electrons. The molecule has 0 aliphatic rings. The van der Waals surface area contributed by atoms with Gasteiger partial charge in [0.25, 0.3) is 0 Å². The van der Waals surface area contributed by atoms with Crippen molar-refractivity contribution in [1.82, 2.24) is 4.98 Å². The second-order valence-electron chi connectivity index (χ2n) is 3.74. The van der Waals surface area contributed by atoms with Crippen LogP contribution >= 0.6 is 0 Å². The molecule has 0 radical (unpaired) electrons. The zero-order valence-electron chi connectivity index (χ0n) is 11.3. The highest BCUT2D eigenvalue weighted by molar-refractivity contribution is 6.21. The molecule has 0 aromatic carbocycles. The van der Waals surface area contributed by atoms with E-state index in [1.54, 1.807) is 25.1 Å². The minimum atomic E-state index is -0.768. The van der Waals surface area contributed by atoms with E-state index in [9.17, 15) is 14.4 Å². The van der Waals surface area contributed by atoms with Gasteiger partial charge in [-0.25, -0.2) is 4.79 Å². The van der Waals surface area contributed by atoms with Crippen molar-refractivity contribution >= 4 is 23.8 Å². The molecule has 1 aromatic heterocycles. The molecule has 0 atom stereocenters. The third-order valence-electron chi connectivity index (χ3n) is 2.18. The van der Waals surface area contributed by atoms with Crippen LogP contribution in [0.2, 0.25) is 0 Å². The van der Waals surface area contributed by atoms with Crippen LogP contribution in [0.5, 0.6) is 0 Å². The lowest BCUT2D eigenvalue weighted by Gasteiger charge is -2.06. The topological polar surface area (TPSA) is 82.6 Å². The zero-order valence-corrected chi connectivity index (χ0v) is 11.3. The Bertz CT molecular complexity index is 522. The number of rotatable bonds is 6. The number of esters is 2. The Hall–Kier alpha value is -2.50. The summed E-state index contributed by atoms with van der Waals surface area (Å²) in [5.41, 5.74) is 0.235. The van der Waals surface area contributed by atoms with E-state index in [0.717, 1.165) is 0 Å². The number of aromatic nitrogens is 1. The van der Waals surface area contributed by atoms with Crippen molar-refractivity contribution in [3.63, 3.8) is 0 Å². The van der Waals surface area contributed by atoms with Crippen molar-refractivity contribution in [2.45, 2.75) is 13.8 Å². The highest BCUT2D eigenvalue weighted by atomic mass is 16.5. The minimum absolute atomic E-state index is 0.138. The summed E-state index contributed by atoms with van der Waals surface area (Å²) >= 11 is 0. The van der Waals surface area contributed by atoms with E-state index >= 15 is 0 Å². The largest absolute Gasteiger partial charge is 0.462 e. The Balaban J connectivity index is 2.96. The standard InChI is InChI=1S/C14H15NO5/c1-3-19-14(18)12(13(17)9-20-10(2)16)8-11-6-4-5-7-15-11/h4-8H,3,9H2,1-2H3/b12-8-. The Kier molecular flexibility index (Phi) is 6.09. The molecule has 1 rings (SSSR count). The smallest absolute Gasteiger partial charge is 0.341 e. The summed E-state index contributed by atoms with van der Waals surface area (Å²) in [5, 5.41) is 0. The van der Waals surface area contributed by atoms with Gasteiger partial charge in [-0.2, -0.15) is 0 Å². The van der Waals surface area contributed by atoms with Crippen LogP contribution in [-0.2, 0) is 23.9 Å². The average Bonchev–Trinajstić information content (AvgIpc) is 2.43. The molecule has 0 bridgehead atoms. The molecule has 0 aliphatic carbocycles. The number of nitrogens with zero attached hydrogens (tertiary/aromatic N) is 1. The minimum Gasteiger partial charge on any atom is -0.462 e. The Morgan fingerprint density at radius 1 is 1.25 bits per heavy atom. The molecule has 0 saturated carbocycles. The highest BCUT2D eigenvalue weighted by Crippen LogP contribution is 2.08. The lowest BCUT2D eigenvalue weighted by Crippen LogP contribution is -2.21. The average molecular weight is 277 g/mol. The first-order valence-corrected chi connectivity index (χ1v) is 6.01.